The van der Waals surface area contributed by atoms with E-state index >= 15 is 0 Å². The zero-order valence-electron chi connectivity index (χ0n) is 18.8. The summed E-state index contributed by atoms with van der Waals surface area (Å²) in [5.74, 6) is -3.71. The average molecular weight is 448 g/mol. The molecule has 2 aliphatic heterocycles. The Labute approximate surface area is 186 Å². The molecule has 174 valence electrons. The third-order valence-corrected chi connectivity index (χ3v) is 6.18. The SMILES string of the molecule is C=C1C(=O)O[C@H]2[C@H]1[C@@H](OC(=O)/C(C)=C\C)C(OC(C)=O)C(C(=O)OC)=CCC[C@@]1(C)O[C@H]21. The summed E-state index contributed by atoms with van der Waals surface area (Å²) in [6.45, 7) is 10.1. The standard InChI is InChI=1S/C23H28O9/c1-7-11(2)20(25)30-17-15-12(3)21(26)31-18(15)19-23(5,32-19)10-8-9-14(22(27)28-6)16(17)29-13(4)24/h7,9,15-19H,3,8,10H2,1-2,4-6H3/b11-7-,14-9?/t15-,16?,17-,18+,19-,23-/m1/s1. The van der Waals surface area contributed by atoms with Gasteiger partial charge in [-0.25, -0.2) is 14.4 Å². The molecule has 32 heavy (non-hydrogen) atoms. The Morgan fingerprint density at radius 3 is 2.53 bits per heavy atom. The van der Waals surface area contributed by atoms with E-state index in [9.17, 15) is 19.2 Å². The molecule has 0 bridgehead atoms. The van der Waals surface area contributed by atoms with Crippen molar-refractivity contribution in [2.75, 3.05) is 7.11 Å². The van der Waals surface area contributed by atoms with Crippen molar-refractivity contribution in [3.8, 4) is 0 Å². The van der Waals surface area contributed by atoms with Crippen LogP contribution in [0.1, 0.15) is 40.5 Å². The topological polar surface area (TPSA) is 118 Å². The second-order valence-corrected chi connectivity index (χ2v) is 8.33. The number of hydrogen-bond acceptors (Lipinski definition) is 9. The molecule has 2 saturated heterocycles. The third-order valence-electron chi connectivity index (χ3n) is 6.18. The highest BCUT2D eigenvalue weighted by Gasteiger charge is 2.64. The van der Waals surface area contributed by atoms with Gasteiger partial charge in [0.2, 0.25) is 0 Å². The fourth-order valence-corrected chi connectivity index (χ4v) is 4.21. The molecule has 0 spiro atoms. The number of carbonyl (C=O) groups excluding carboxylic acids is 4. The number of carbonyl (C=O) groups is 4. The highest BCUT2D eigenvalue weighted by Crippen LogP contribution is 2.50. The molecule has 0 aromatic rings. The lowest BCUT2D eigenvalue weighted by atomic mass is 9.80. The van der Waals surface area contributed by atoms with Gasteiger partial charge in [0.05, 0.1) is 24.2 Å². The van der Waals surface area contributed by atoms with Gasteiger partial charge in [-0.05, 0) is 33.6 Å². The molecule has 9 heteroatoms. The van der Waals surface area contributed by atoms with Gasteiger partial charge in [0.1, 0.15) is 12.2 Å². The van der Waals surface area contributed by atoms with Gasteiger partial charge in [0, 0.05) is 18.1 Å². The minimum absolute atomic E-state index is 0.00669. The van der Waals surface area contributed by atoms with E-state index in [1.165, 1.54) is 14.0 Å². The summed E-state index contributed by atoms with van der Waals surface area (Å²) in [5.41, 5.74) is -0.238. The van der Waals surface area contributed by atoms with Crippen molar-refractivity contribution in [3.63, 3.8) is 0 Å². The maximum atomic E-state index is 12.8. The highest BCUT2D eigenvalue weighted by atomic mass is 16.7. The van der Waals surface area contributed by atoms with Crippen LogP contribution in [0.4, 0.5) is 0 Å². The number of ether oxygens (including phenoxy) is 5. The molecule has 0 aromatic heterocycles. The smallest absolute Gasteiger partial charge is 0.337 e. The van der Waals surface area contributed by atoms with Crippen LogP contribution < -0.4 is 0 Å². The second kappa shape index (κ2) is 8.90. The molecule has 1 unspecified atom stereocenters. The molecule has 0 radical (unpaired) electrons. The lowest BCUT2D eigenvalue weighted by Crippen LogP contribution is -2.48. The largest absolute Gasteiger partial charge is 0.466 e. The van der Waals surface area contributed by atoms with Crippen LogP contribution in [0.5, 0.6) is 0 Å². The van der Waals surface area contributed by atoms with Crippen LogP contribution in [0.2, 0.25) is 0 Å². The molecule has 1 aliphatic carbocycles. The van der Waals surface area contributed by atoms with Gasteiger partial charge in [0.15, 0.2) is 12.2 Å². The summed E-state index contributed by atoms with van der Waals surface area (Å²) in [6, 6.07) is 0. The maximum absolute atomic E-state index is 12.8. The summed E-state index contributed by atoms with van der Waals surface area (Å²) >= 11 is 0. The summed E-state index contributed by atoms with van der Waals surface area (Å²) < 4.78 is 27.6. The number of methoxy groups -OCH3 is 1. The van der Waals surface area contributed by atoms with Crippen molar-refractivity contribution in [1.29, 1.82) is 0 Å². The first-order valence-corrected chi connectivity index (χ1v) is 10.4. The van der Waals surface area contributed by atoms with Crippen molar-refractivity contribution < 1.29 is 42.9 Å². The van der Waals surface area contributed by atoms with Crippen molar-refractivity contribution in [2.24, 2.45) is 5.92 Å². The maximum Gasteiger partial charge on any atom is 0.337 e. The van der Waals surface area contributed by atoms with E-state index in [1.807, 2.05) is 6.92 Å². The van der Waals surface area contributed by atoms with Crippen LogP contribution in [0.25, 0.3) is 0 Å². The van der Waals surface area contributed by atoms with Crippen molar-refractivity contribution in [3.05, 3.63) is 35.5 Å². The van der Waals surface area contributed by atoms with Gasteiger partial charge in [-0.3, -0.25) is 4.79 Å². The van der Waals surface area contributed by atoms with Crippen LogP contribution in [0, 0.1) is 5.92 Å². The molecule has 6 atom stereocenters. The Morgan fingerprint density at radius 2 is 1.94 bits per heavy atom. The molecule has 0 N–H and O–H groups in total. The van der Waals surface area contributed by atoms with Crippen LogP contribution in [0.15, 0.2) is 35.5 Å². The molecular formula is C23H28O9. The quantitative estimate of drug-likeness (QED) is 0.275. The second-order valence-electron chi connectivity index (χ2n) is 8.33. The van der Waals surface area contributed by atoms with Crippen molar-refractivity contribution in [1.82, 2.24) is 0 Å². The van der Waals surface area contributed by atoms with E-state index in [2.05, 4.69) is 6.58 Å². The zero-order valence-corrected chi connectivity index (χ0v) is 18.8. The first-order valence-electron chi connectivity index (χ1n) is 10.4. The number of epoxide rings is 1. The number of rotatable bonds is 4. The summed E-state index contributed by atoms with van der Waals surface area (Å²) in [6.07, 6.45) is 0.190. The lowest BCUT2D eigenvalue weighted by molar-refractivity contribution is -0.168. The Balaban J connectivity index is 2.17. The van der Waals surface area contributed by atoms with Gasteiger partial charge in [-0.1, -0.05) is 18.7 Å². The van der Waals surface area contributed by atoms with Gasteiger partial charge in [0.25, 0.3) is 0 Å². The van der Waals surface area contributed by atoms with Crippen LogP contribution in [0.3, 0.4) is 0 Å². The Hall–Kier alpha value is -2.94. The van der Waals surface area contributed by atoms with Gasteiger partial charge in [-0.2, -0.15) is 0 Å². The Bertz CT molecular complexity index is 914. The lowest BCUT2D eigenvalue weighted by Gasteiger charge is -2.33. The predicted octanol–water partition coefficient (Wildman–Crippen LogP) is 1.94. The molecule has 2 fully saturated rings. The molecule has 0 amide bonds. The molecular weight excluding hydrogens is 420 g/mol. The molecule has 9 nitrogen and oxygen atoms in total. The Kier molecular flexibility index (Phi) is 6.59. The molecule has 3 aliphatic rings. The fourth-order valence-electron chi connectivity index (χ4n) is 4.21. The number of hydrogen-bond donors (Lipinski definition) is 0. The normalized spacial score (nSPS) is 34.3. The monoisotopic (exact) mass is 448 g/mol. The van der Waals surface area contributed by atoms with E-state index in [1.54, 1.807) is 26.0 Å². The van der Waals surface area contributed by atoms with Gasteiger partial charge in [-0.15, -0.1) is 0 Å². The first-order chi connectivity index (χ1) is 15.0. The van der Waals surface area contributed by atoms with Crippen molar-refractivity contribution >= 4 is 23.9 Å². The zero-order chi connectivity index (χ0) is 23.8. The Morgan fingerprint density at radius 1 is 1.25 bits per heavy atom. The third kappa shape index (κ3) is 4.34. The van der Waals surface area contributed by atoms with Crippen LogP contribution >= 0.6 is 0 Å². The van der Waals surface area contributed by atoms with E-state index in [0.29, 0.717) is 18.4 Å². The highest BCUT2D eigenvalue weighted by molar-refractivity contribution is 5.93. The van der Waals surface area contributed by atoms with E-state index < -0.39 is 59.8 Å². The van der Waals surface area contributed by atoms with Gasteiger partial charge >= 0.3 is 23.9 Å². The number of esters is 4. The summed E-state index contributed by atoms with van der Waals surface area (Å²) in [4.78, 5) is 49.9. The van der Waals surface area contributed by atoms with E-state index in [-0.39, 0.29) is 11.1 Å². The molecule has 0 saturated carbocycles. The van der Waals surface area contributed by atoms with Crippen molar-refractivity contribution in [2.45, 2.75) is 70.6 Å². The first kappa shape index (κ1) is 23.7. The molecule has 3 rings (SSSR count). The minimum Gasteiger partial charge on any atom is -0.466 e. The number of fused-ring (bicyclic) bond motifs is 3. The van der Waals surface area contributed by atoms with Gasteiger partial charge < -0.3 is 23.7 Å². The minimum atomic E-state index is -1.34. The van der Waals surface area contributed by atoms with Crippen LogP contribution in [-0.4, -0.2) is 61.0 Å². The van der Waals surface area contributed by atoms with Crippen LogP contribution in [-0.2, 0) is 42.9 Å². The summed E-state index contributed by atoms with van der Waals surface area (Å²) in [7, 11) is 1.20. The number of allylic oxidation sites excluding steroid dienone is 2. The molecule has 2 heterocycles. The van der Waals surface area contributed by atoms with E-state index in [0.717, 1.165) is 0 Å². The summed E-state index contributed by atoms with van der Waals surface area (Å²) in [5, 5.41) is 0. The van der Waals surface area contributed by atoms with E-state index in [4.69, 9.17) is 23.7 Å². The fraction of sp³-hybridized carbons (Fsp3) is 0.565. The predicted molar refractivity (Wildman–Crippen MR) is 110 cm³/mol. The molecule has 0 aromatic carbocycles. The average Bonchev–Trinajstić information content (AvgIpc) is 3.33.